The van der Waals surface area contributed by atoms with Crippen LogP contribution in [0.25, 0.3) is 33.1 Å². The number of benzene rings is 3. The molecule has 6 nitrogen and oxygen atoms in total. The quantitative estimate of drug-likeness (QED) is 0.211. The predicted molar refractivity (Wildman–Crippen MR) is 132 cm³/mol. The molecule has 0 aliphatic carbocycles. The maximum absolute atomic E-state index is 13.4. The van der Waals surface area contributed by atoms with Crippen LogP contribution in [0.3, 0.4) is 0 Å². The van der Waals surface area contributed by atoms with Gasteiger partial charge < -0.3 is 10.3 Å². The summed E-state index contributed by atoms with van der Waals surface area (Å²) in [6, 6.07) is 22.4. The summed E-state index contributed by atoms with van der Waals surface area (Å²) in [4.78, 5) is 21.0. The van der Waals surface area contributed by atoms with Crippen molar-refractivity contribution in [1.82, 2.24) is 20.8 Å². The normalized spacial score (nSPS) is 10.9. The lowest BCUT2D eigenvalue weighted by Gasteiger charge is -2.12. The monoisotopic (exact) mass is 473 g/mol. The van der Waals surface area contributed by atoms with Crippen molar-refractivity contribution in [3.05, 3.63) is 96.2 Å². The number of H-pyrrole nitrogens is 1. The zero-order valence-electron chi connectivity index (χ0n) is 17.5. The molecule has 0 saturated carbocycles. The molecule has 0 aliphatic rings. The number of nitrogens with one attached hydrogen (secondary N) is 4. The molecule has 34 heavy (non-hydrogen) atoms. The van der Waals surface area contributed by atoms with E-state index in [-0.39, 0.29) is 16.5 Å². The number of thiocarbonyl (C=S) groups is 1. The Hall–Kier alpha value is -4.37. The van der Waals surface area contributed by atoms with Gasteiger partial charge >= 0.3 is 0 Å². The van der Waals surface area contributed by atoms with Crippen molar-refractivity contribution >= 4 is 50.7 Å². The number of anilines is 1. The first-order valence-electron chi connectivity index (χ1n) is 10.3. The molecule has 0 spiro atoms. The Kier molecular flexibility index (Phi) is 5.60. The molecule has 2 aromatic heterocycles. The second-order valence-corrected chi connectivity index (χ2v) is 7.89. The highest BCUT2D eigenvalue weighted by Crippen LogP contribution is 2.32. The van der Waals surface area contributed by atoms with Gasteiger partial charge in [-0.15, -0.1) is 0 Å². The number of hydrazine groups is 1. The Morgan fingerprint density at radius 3 is 2.41 bits per heavy atom. The van der Waals surface area contributed by atoms with Gasteiger partial charge in [-0.3, -0.25) is 15.6 Å². The van der Waals surface area contributed by atoms with Crippen LogP contribution in [-0.2, 0) is 0 Å². The SMILES string of the molecule is O=C(NNC(=S)Nc1ccc(F)c(F)c1)c1cc2c([nH]c3ccccc32)c(-c2ccccc2)n1. The van der Waals surface area contributed by atoms with E-state index in [9.17, 15) is 13.6 Å². The molecular weight excluding hydrogens is 456 g/mol. The summed E-state index contributed by atoms with van der Waals surface area (Å²) >= 11 is 5.13. The van der Waals surface area contributed by atoms with Gasteiger partial charge in [-0.05, 0) is 36.5 Å². The van der Waals surface area contributed by atoms with Crippen LogP contribution in [0.2, 0.25) is 0 Å². The molecule has 5 rings (SSSR count). The molecule has 0 aliphatic heterocycles. The van der Waals surface area contributed by atoms with Crippen molar-refractivity contribution in [3.63, 3.8) is 0 Å². The summed E-state index contributed by atoms with van der Waals surface area (Å²) in [7, 11) is 0. The van der Waals surface area contributed by atoms with Gasteiger partial charge in [-0.2, -0.15) is 0 Å². The number of pyridine rings is 1. The average molecular weight is 474 g/mol. The molecule has 1 amide bonds. The lowest BCUT2D eigenvalue weighted by atomic mass is 10.1. The Morgan fingerprint density at radius 2 is 1.62 bits per heavy atom. The van der Waals surface area contributed by atoms with Gasteiger partial charge in [0.25, 0.3) is 5.91 Å². The van der Waals surface area contributed by atoms with Gasteiger partial charge in [0.15, 0.2) is 16.7 Å². The average Bonchev–Trinajstić information content (AvgIpc) is 3.23. The fraction of sp³-hybridized carbons (Fsp3) is 0. The van der Waals surface area contributed by atoms with Crippen LogP contribution in [0.15, 0.2) is 78.9 Å². The van der Waals surface area contributed by atoms with E-state index in [2.05, 4.69) is 26.1 Å². The number of carbonyl (C=O) groups excluding carboxylic acids is 1. The highest BCUT2D eigenvalue weighted by Gasteiger charge is 2.17. The topological polar surface area (TPSA) is 81.8 Å². The van der Waals surface area contributed by atoms with Crippen molar-refractivity contribution in [2.75, 3.05) is 5.32 Å². The molecular formula is C25H17F2N5OS. The highest BCUT2D eigenvalue weighted by atomic mass is 32.1. The molecule has 4 N–H and O–H groups in total. The number of nitrogens with zero attached hydrogens (tertiary/aromatic N) is 1. The van der Waals surface area contributed by atoms with Gasteiger partial charge in [0, 0.05) is 33.6 Å². The summed E-state index contributed by atoms with van der Waals surface area (Å²) in [6.07, 6.45) is 0. The number of para-hydroxylation sites is 1. The van der Waals surface area contributed by atoms with Crippen LogP contribution in [0.4, 0.5) is 14.5 Å². The smallest absolute Gasteiger partial charge is 0.288 e. The number of carbonyl (C=O) groups is 1. The number of aromatic amines is 1. The van der Waals surface area contributed by atoms with Crippen molar-refractivity contribution < 1.29 is 13.6 Å². The van der Waals surface area contributed by atoms with E-state index in [4.69, 9.17) is 12.2 Å². The largest absolute Gasteiger partial charge is 0.353 e. The van der Waals surface area contributed by atoms with Gasteiger partial charge in [0.1, 0.15) is 5.69 Å². The van der Waals surface area contributed by atoms with Gasteiger partial charge in [-0.25, -0.2) is 13.8 Å². The van der Waals surface area contributed by atoms with E-state index in [1.807, 2.05) is 54.6 Å². The van der Waals surface area contributed by atoms with Crippen molar-refractivity contribution in [3.8, 4) is 11.3 Å². The molecule has 0 unspecified atom stereocenters. The van der Waals surface area contributed by atoms with Crippen molar-refractivity contribution in [2.45, 2.75) is 0 Å². The first-order chi connectivity index (χ1) is 16.5. The highest BCUT2D eigenvalue weighted by molar-refractivity contribution is 7.80. The Balaban J connectivity index is 1.43. The van der Waals surface area contributed by atoms with E-state index in [1.54, 1.807) is 6.07 Å². The lowest BCUT2D eigenvalue weighted by Crippen LogP contribution is -2.44. The molecule has 168 valence electrons. The van der Waals surface area contributed by atoms with Gasteiger partial charge in [-0.1, -0.05) is 48.5 Å². The van der Waals surface area contributed by atoms with Crippen LogP contribution < -0.4 is 16.2 Å². The third kappa shape index (κ3) is 4.16. The van der Waals surface area contributed by atoms with Gasteiger partial charge in [0.2, 0.25) is 0 Å². The number of amides is 1. The van der Waals surface area contributed by atoms with Crippen LogP contribution in [0, 0.1) is 11.6 Å². The first-order valence-corrected chi connectivity index (χ1v) is 10.7. The Morgan fingerprint density at radius 1 is 0.853 bits per heavy atom. The van der Waals surface area contributed by atoms with E-state index in [0.717, 1.165) is 39.5 Å². The van der Waals surface area contributed by atoms with Crippen molar-refractivity contribution in [1.29, 1.82) is 0 Å². The molecule has 2 heterocycles. The second kappa shape index (κ2) is 8.87. The minimum Gasteiger partial charge on any atom is -0.353 e. The molecule has 5 aromatic rings. The first kappa shape index (κ1) is 21.5. The van der Waals surface area contributed by atoms with Crippen LogP contribution in [0.1, 0.15) is 10.5 Å². The predicted octanol–water partition coefficient (Wildman–Crippen LogP) is 5.29. The Labute approximate surface area is 198 Å². The number of halogens is 2. The van der Waals surface area contributed by atoms with E-state index in [1.165, 1.54) is 6.07 Å². The molecule has 0 bridgehead atoms. The van der Waals surface area contributed by atoms with E-state index >= 15 is 0 Å². The molecule has 0 saturated heterocycles. The van der Waals surface area contributed by atoms with Crippen LogP contribution in [-0.4, -0.2) is 21.0 Å². The fourth-order valence-electron chi connectivity index (χ4n) is 3.68. The third-order valence-corrected chi connectivity index (χ3v) is 5.45. The van der Waals surface area contributed by atoms with Crippen LogP contribution in [0.5, 0.6) is 0 Å². The summed E-state index contributed by atoms with van der Waals surface area (Å²) in [6.45, 7) is 0. The summed E-state index contributed by atoms with van der Waals surface area (Å²) in [5, 5.41) is 4.50. The zero-order valence-corrected chi connectivity index (χ0v) is 18.3. The fourth-order valence-corrected chi connectivity index (χ4v) is 3.85. The maximum Gasteiger partial charge on any atom is 0.288 e. The van der Waals surface area contributed by atoms with Gasteiger partial charge in [0.05, 0.1) is 11.2 Å². The molecule has 0 atom stereocenters. The van der Waals surface area contributed by atoms with Crippen LogP contribution >= 0.6 is 12.2 Å². The minimum absolute atomic E-state index is 0.00388. The number of hydrogen-bond acceptors (Lipinski definition) is 3. The summed E-state index contributed by atoms with van der Waals surface area (Å²) in [5.41, 5.74) is 8.73. The summed E-state index contributed by atoms with van der Waals surface area (Å²) in [5.74, 6) is -2.49. The standard InChI is InChI=1S/C25H17F2N5OS/c26-18-11-10-15(12-19(18)27)28-25(34)32-31-24(33)21-13-17-16-8-4-5-9-20(16)29-23(17)22(30-21)14-6-2-1-3-7-14/h1-13,29H,(H,31,33)(H2,28,32,34). The number of fused-ring (bicyclic) bond motifs is 3. The Bertz CT molecular complexity index is 1550. The molecule has 0 radical (unpaired) electrons. The van der Waals surface area contributed by atoms with Crippen molar-refractivity contribution in [2.24, 2.45) is 0 Å². The zero-order chi connectivity index (χ0) is 23.7. The lowest BCUT2D eigenvalue weighted by molar-refractivity contribution is 0.0939. The second-order valence-electron chi connectivity index (χ2n) is 7.48. The van der Waals surface area contributed by atoms with E-state index < -0.39 is 17.5 Å². The molecule has 9 heteroatoms. The van der Waals surface area contributed by atoms with E-state index in [0.29, 0.717) is 5.69 Å². The minimum atomic E-state index is -1.01. The number of rotatable bonds is 3. The third-order valence-electron chi connectivity index (χ3n) is 5.24. The maximum atomic E-state index is 13.4. The molecule has 0 fully saturated rings. The number of hydrogen-bond donors (Lipinski definition) is 4. The molecule has 3 aromatic carbocycles. The summed E-state index contributed by atoms with van der Waals surface area (Å²) < 4.78 is 26.5. The number of aromatic nitrogens is 2.